The van der Waals surface area contributed by atoms with Crippen molar-refractivity contribution in [1.29, 1.82) is 0 Å². The van der Waals surface area contributed by atoms with Crippen molar-refractivity contribution in [2.24, 2.45) is 0 Å². The number of hydrogen-bond donors (Lipinski definition) is 0. The van der Waals surface area contributed by atoms with E-state index in [0.29, 0.717) is 13.0 Å². The van der Waals surface area contributed by atoms with Crippen molar-refractivity contribution in [3.05, 3.63) is 35.4 Å². The molecule has 1 atom stereocenters. The van der Waals surface area contributed by atoms with Crippen molar-refractivity contribution < 1.29 is 9.59 Å². The molecule has 2 amide bonds. The quantitative estimate of drug-likeness (QED) is 0.842. The van der Waals surface area contributed by atoms with Gasteiger partial charge >= 0.3 is 0 Å². The Balaban J connectivity index is 1.94. The first-order valence-corrected chi connectivity index (χ1v) is 8.38. The van der Waals surface area contributed by atoms with E-state index in [-0.39, 0.29) is 11.8 Å². The second-order valence-corrected chi connectivity index (χ2v) is 6.20. The standard InChI is InChI=1S/C18H24N2O2/c1-2-20-16(21)13-14-9-5-6-10-15(14)17(20)18(22)19-11-7-3-4-8-12-19/h5-6,9-10,17H,2-4,7-8,11-13H2,1H3/t17-/m0/s1. The van der Waals surface area contributed by atoms with Crippen molar-refractivity contribution in [3.8, 4) is 0 Å². The van der Waals surface area contributed by atoms with Gasteiger partial charge in [0.2, 0.25) is 11.8 Å². The molecule has 0 spiro atoms. The molecule has 0 saturated carbocycles. The normalized spacial score (nSPS) is 22.2. The summed E-state index contributed by atoms with van der Waals surface area (Å²) in [7, 11) is 0. The molecule has 1 aromatic carbocycles. The maximum Gasteiger partial charge on any atom is 0.250 e. The lowest BCUT2D eigenvalue weighted by Gasteiger charge is -2.38. The zero-order valence-corrected chi connectivity index (χ0v) is 13.3. The van der Waals surface area contributed by atoms with Gasteiger partial charge in [-0.25, -0.2) is 0 Å². The summed E-state index contributed by atoms with van der Waals surface area (Å²) in [6, 6.07) is 7.46. The van der Waals surface area contributed by atoms with Crippen LogP contribution in [0.4, 0.5) is 0 Å². The van der Waals surface area contributed by atoms with Crippen LogP contribution in [0.15, 0.2) is 24.3 Å². The lowest BCUT2D eigenvalue weighted by atomic mass is 9.91. The first-order chi connectivity index (χ1) is 10.7. The van der Waals surface area contributed by atoms with Gasteiger partial charge in [-0.1, -0.05) is 37.1 Å². The Hall–Kier alpha value is -1.84. The molecule has 0 radical (unpaired) electrons. The molecule has 2 heterocycles. The lowest BCUT2D eigenvalue weighted by Crippen LogP contribution is -2.48. The Bertz CT molecular complexity index is 562. The molecule has 2 aliphatic heterocycles. The number of benzene rings is 1. The second kappa shape index (κ2) is 6.51. The molecule has 2 aliphatic rings. The first-order valence-electron chi connectivity index (χ1n) is 8.38. The fourth-order valence-electron chi connectivity index (χ4n) is 3.63. The summed E-state index contributed by atoms with van der Waals surface area (Å²) >= 11 is 0. The Morgan fingerprint density at radius 3 is 2.50 bits per heavy atom. The first kappa shape index (κ1) is 15.1. The molecule has 3 rings (SSSR count). The van der Waals surface area contributed by atoms with Crippen molar-refractivity contribution >= 4 is 11.8 Å². The van der Waals surface area contributed by atoms with E-state index in [1.165, 1.54) is 12.8 Å². The monoisotopic (exact) mass is 300 g/mol. The Morgan fingerprint density at radius 1 is 1.14 bits per heavy atom. The molecule has 118 valence electrons. The summed E-state index contributed by atoms with van der Waals surface area (Å²) < 4.78 is 0. The van der Waals surface area contributed by atoms with E-state index in [9.17, 15) is 9.59 Å². The molecular formula is C18H24N2O2. The van der Waals surface area contributed by atoms with E-state index in [1.54, 1.807) is 4.90 Å². The molecule has 1 saturated heterocycles. The number of likely N-dealkylation sites (tertiary alicyclic amines) is 1. The number of amides is 2. The molecule has 0 aliphatic carbocycles. The lowest BCUT2D eigenvalue weighted by molar-refractivity contribution is -0.146. The maximum absolute atomic E-state index is 13.1. The van der Waals surface area contributed by atoms with Gasteiger partial charge in [0, 0.05) is 19.6 Å². The number of rotatable bonds is 2. The number of fused-ring (bicyclic) bond motifs is 1. The Labute approximate surface area is 132 Å². The van der Waals surface area contributed by atoms with Crippen molar-refractivity contribution in [1.82, 2.24) is 9.80 Å². The molecule has 0 N–H and O–H groups in total. The minimum absolute atomic E-state index is 0.0642. The third-order valence-electron chi connectivity index (χ3n) is 4.82. The zero-order valence-electron chi connectivity index (χ0n) is 13.3. The van der Waals surface area contributed by atoms with E-state index < -0.39 is 6.04 Å². The number of carbonyl (C=O) groups is 2. The van der Waals surface area contributed by atoms with Crippen LogP contribution in [0.2, 0.25) is 0 Å². The predicted octanol–water partition coefficient (Wildman–Crippen LogP) is 2.53. The SMILES string of the molecule is CCN1C(=O)Cc2ccccc2[C@H]1C(=O)N1CCCCCC1. The number of nitrogens with zero attached hydrogens (tertiary/aromatic N) is 2. The van der Waals surface area contributed by atoms with Gasteiger partial charge in [0.1, 0.15) is 6.04 Å². The van der Waals surface area contributed by atoms with E-state index in [2.05, 4.69) is 0 Å². The largest absolute Gasteiger partial charge is 0.341 e. The fourth-order valence-corrected chi connectivity index (χ4v) is 3.63. The smallest absolute Gasteiger partial charge is 0.250 e. The highest BCUT2D eigenvalue weighted by atomic mass is 16.2. The number of hydrogen-bond acceptors (Lipinski definition) is 2. The molecule has 1 fully saturated rings. The van der Waals surface area contributed by atoms with E-state index in [4.69, 9.17) is 0 Å². The molecule has 1 aromatic rings. The van der Waals surface area contributed by atoms with Crippen LogP contribution >= 0.6 is 0 Å². The second-order valence-electron chi connectivity index (χ2n) is 6.20. The Kier molecular flexibility index (Phi) is 4.46. The van der Waals surface area contributed by atoms with Gasteiger partial charge in [0.25, 0.3) is 0 Å². The molecule has 0 unspecified atom stereocenters. The van der Waals surface area contributed by atoms with Gasteiger partial charge in [-0.3, -0.25) is 9.59 Å². The molecule has 0 aromatic heterocycles. The minimum Gasteiger partial charge on any atom is -0.341 e. The zero-order chi connectivity index (χ0) is 15.5. The van der Waals surface area contributed by atoms with Gasteiger partial charge in [0.05, 0.1) is 6.42 Å². The van der Waals surface area contributed by atoms with E-state index in [0.717, 1.165) is 37.1 Å². The van der Waals surface area contributed by atoms with Crippen LogP contribution in [0.3, 0.4) is 0 Å². The highest BCUT2D eigenvalue weighted by Gasteiger charge is 2.38. The summed E-state index contributed by atoms with van der Waals surface area (Å²) in [5.41, 5.74) is 2.02. The van der Waals surface area contributed by atoms with Crippen LogP contribution in [0.5, 0.6) is 0 Å². The van der Waals surface area contributed by atoms with Crippen molar-refractivity contribution in [3.63, 3.8) is 0 Å². The predicted molar refractivity (Wildman–Crippen MR) is 85.3 cm³/mol. The minimum atomic E-state index is -0.430. The molecular weight excluding hydrogens is 276 g/mol. The van der Waals surface area contributed by atoms with Gasteiger partial charge in [-0.2, -0.15) is 0 Å². The van der Waals surface area contributed by atoms with E-state index >= 15 is 0 Å². The summed E-state index contributed by atoms with van der Waals surface area (Å²) in [5.74, 6) is 0.165. The summed E-state index contributed by atoms with van der Waals surface area (Å²) in [6.07, 6.45) is 4.94. The average Bonchev–Trinajstić information content (AvgIpc) is 2.82. The van der Waals surface area contributed by atoms with Crippen molar-refractivity contribution in [2.75, 3.05) is 19.6 Å². The van der Waals surface area contributed by atoms with Crippen LogP contribution in [0, 0.1) is 0 Å². The summed E-state index contributed by atoms with van der Waals surface area (Å²) in [5, 5.41) is 0. The molecule has 4 heteroatoms. The van der Waals surface area contributed by atoms with Gasteiger partial charge in [-0.15, -0.1) is 0 Å². The van der Waals surface area contributed by atoms with E-state index in [1.807, 2.05) is 36.1 Å². The van der Waals surface area contributed by atoms with Crippen LogP contribution < -0.4 is 0 Å². The third-order valence-corrected chi connectivity index (χ3v) is 4.82. The third kappa shape index (κ3) is 2.74. The average molecular weight is 300 g/mol. The Morgan fingerprint density at radius 2 is 1.82 bits per heavy atom. The van der Waals surface area contributed by atoms with Crippen LogP contribution in [-0.2, 0) is 16.0 Å². The topological polar surface area (TPSA) is 40.6 Å². The van der Waals surface area contributed by atoms with Crippen LogP contribution in [0.25, 0.3) is 0 Å². The number of likely N-dealkylation sites (N-methyl/N-ethyl adjacent to an activating group) is 1. The van der Waals surface area contributed by atoms with Crippen LogP contribution in [-0.4, -0.2) is 41.2 Å². The van der Waals surface area contributed by atoms with Crippen LogP contribution in [0.1, 0.15) is 49.8 Å². The van der Waals surface area contributed by atoms with Gasteiger partial charge < -0.3 is 9.80 Å². The summed E-state index contributed by atoms with van der Waals surface area (Å²) in [4.78, 5) is 29.2. The van der Waals surface area contributed by atoms with Gasteiger partial charge in [-0.05, 0) is 30.9 Å². The fraction of sp³-hybridized carbons (Fsp3) is 0.556. The van der Waals surface area contributed by atoms with Crippen molar-refractivity contribution in [2.45, 2.75) is 45.1 Å². The number of carbonyl (C=O) groups excluding carboxylic acids is 2. The molecule has 0 bridgehead atoms. The molecule has 4 nitrogen and oxygen atoms in total. The van der Waals surface area contributed by atoms with Gasteiger partial charge in [0.15, 0.2) is 0 Å². The molecule has 22 heavy (non-hydrogen) atoms. The highest BCUT2D eigenvalue weighted by molar-refractivity contribution is 5.92. The summed E-state index contributed by atoms with van der Waals surface area (Å²) in [6.45, 7) is 4.18. The highest BCUT2D eigenvalue weighted by Crippen LogP contribution is 2.32. The maximum atomic E-state index is 13.1.